The third-order valence-corrected chi connectivity index (χ3v) is 6.17. The first-order valence-electron chi connectivity index (χ1n) is 12.6. The number of benzene rings is 4. The van der Waals surface area contributed by atoms with Gasteiger partial charge < -0.3 is 20.7 Å². The number of amidine groups is 1. The van der Waals surface area contributed by atoms with E-state index < -0.39 is 0 Å². The van der Waals surface area contributed by atoms with Gasteiger partial charge in [-0.25, -0.2) is 5.53 Å². The number of nitrogens with one attached hydrogen (secondary N) is 5. The third-order valence-electron chi connectivity index (χ3n) is 5.92. The summed E-state index contributed by atoms with van der Waals surface area (Å²) < 4.78 is 6.21. The summed E-state index contributed by atoms with van der Waals surface area (Å²) in [7, 11) is 0. The first kappa shape index (κ1) is 26.0. The molecule has 0 spiro atoms. The van der Waals surface area contributed by atoms with Gasteiger partial charge in [0.05, 0.1) is 5.56 Å². The van der Waals surface area contributed by atoms with E-state index in [-0.39, 0.29) is 12.5 Å². The topological polar surface area (TPSA) is 102 Å². The van der Waals surface area contributed by atoms with Crippen LogP contribution in [0.2, 0.25) is 0 Å². The summed E-state index contributed by atoms with van der Waals surface area (Å²) >= 11 is 5.32. The van der Waals surface area contributed by atoms with E-state index in [2.05, 4.69) is 44.1 Å². The van der Waals surface area contributed by atoms with E-state index in [1.54, 1.807) is 0 Å². The third kappa shape index (κ3) is 7.01. The molecule has 9 nitrogen and oxygen atoms in total. The molecule has 0 fully saturated rings. The number of hydrogen-bond acceptors (Lipinski definition) is 7. The van der Waals surface area contributed by atoms with E-state index in [4.69, 9.17) is 17.0 Å². The van der Waals surface area contributed by atoms with Crippen molar-refractivity contribution in [2.24, 2.45) is 5.10 Å². The number of hydrazine groups is 2. The van der Waals surface area contributed by atoms with E-state index in [1.807, 2.05) is 85.8 Å². The summed E-state index contributed by atoms with van der Waals surface area (Å²) in [5, 5.41) is 17.7. The van der Waals surface area contributed by atoms with Crippen molar-refractivity contribution in [1.82, 2.24) is 26.7 Å². The number of anilines is 1. The average Bonchev–Trinajstić information content (AvgIpc) is 3.39. The van der Waals surface area contributed by atoms with Gasteiger partial charge in [-0.1, -0.05) is 54.6 Å². The largest absolute Gasteiger partial charge is 0.457 e. The molecule has 1 heterocycles. The van der Waals surface area contributed by atoms with Crippen LogP contribution in [0.15, 0.2) is 96.1 Å². The number of fused-ring (bicyclic) bond motifs is 1. The molecule has 198 valence electrons. The Balaban J connectivity index is 1.08. The Bertz CT molecular complexity index is 1520. The molecular formula is C29H29N7O2S. The minimum atomic E-state index is -0.175. The molecule has 0 saturated carbocycles. The lowest BCUT2D eigenvalue weighted by atomic mass is 10.1. The van der Waals surface area contributed by atoms with Gasteiger partial charge in [0.2, 0.25) is 5.91 Å². The second-order valence-corrected chi connectivity index (χ2v) is 9.37. The molecule has 0 aromatic heterocycles. The molecule has 39 heavy (non-hydrogen) atoms. The zero-order valence-corrected chi connectivity index (χ0v) is 22.2. The van der Waals surface area contributed by atoms with E-state index in [9.17, 15) is 4.79 Å². The number of hydrogen-bond donors (Lipinski definition) is 5. The minimum absolute atomic E-state index is 0.0483. The summed E-state index contributed by atoms with van der Waals surface area (Å²) in [4.78, 5) is 12.4. The molecule has 1 aliphatic rings. The Morgan fingerprint density at radius 3 is 2.59 bits per heavy atom. The minimum Gasteiger partial charge on any atom is -0.457 e. The number of rotatable bonds is 9. The zero-order valence-electron chi connectivity index (χ0n) is 21.4. The number of para-hydroxylation sites is 1. The van der Waals surface area contributed by atoms with Gasteiger partial charge in [0.25, 0.3) is 0 Å². The molecule has 0 unspecified atom stereocenters. The Morgan fingerprint density at radius 1 is 0.923 bits per heavy atom. The summed E-state index contributed by atoms with van der Waals surface area (Å²) in [6.07, 6.45) is 0. The highest BCUT2D eigenvalue weighted by Crippen LogP contribution is 2.28. The highest BCUT2D eigenvalue weighted by molar-refractivity contribution is 7.80. The Hall–Kier alpha value is -4.67. The summed E-state index contributed by atoms with van der Waals surface area (Å²) in [5.41, 5.74) is 8.79. The zero-order chi connectivity index (χ0) is 27.0. The summed E-state index contributed by atoms with van der Waals surface area (Å²) in [6, 6.07) is 29.7. The monoisotopic (exact) mass is 539 g/mol. The normalized spacial score (nSPS) is 12.7. The van der Waals surface area contributed by atoms with Gasteiger partial charge in [0.1, 0.15) is 18.0 Å². The lowest BCUT2D eigenvalue weighted by molar-refractivity contribution is -0.123. The summed E-state index contributed by atoms with van der Waals surface area (Å²) in [6.45, 7) is 2.98. The Labute approximate surface area is 232 Å². The van der Waals surface area contributed by atoms with Crippen molar-refractivity contribution in [2.75, 3.05) is 25.0 Å². The SMILES string of the molecule is Cc1cccc(NC(=S)NCCNC(=O)CN2NN=C(c3ccccc3Oc3ccc4ccccc4c3)N2)c1. The lowest BCUT2D eigenvalue weighted by Crippen LogP contribution is -2.48. The predicted molar refractivity (Wildman–Crippen MR) is 158 cm³/mol. The maximum absolute atomic E-state index is 12.4. The van der Waals surface area contributed by atoms with Gasteiger partial charge in [0, 0.05) is 18.8 Å². The highest BCUT2D eigenvalue weighted by atomic mass is 32.1. The average molecular weight is 540 g/mol. The van der Waals surface area contributed by atoms with Crippen LogP contribution in [0.4, 0.5) is 5.69 Å². The van der Waals surface area contributed by atoms with Crippen LogP contribution in [0.5, 0.6) is 11.5 Å². The first-order chi connectivity index (χ1) is 19.0. The number of thiocarbonyl (C=S) groups is 1. The second kappa shape index (κ2) is 12.2. The van der Waals surface area contributed by atoms with Gasteiger partial charge >= 0.3 is 0 Å². The predicted octanol–water partition coefficient (Wildman–Crippen LogP) is 4.03. The fraction of sp³-hybridized carbons (Fsp3) is 0.138. The van der Waals surface area contributed by atoms with Crippen molar-refractivity contribution in [3.63, 3.8) is 0 Å². The van der Waals surface area contributed by atoms with Gasteiger partial charge in [-0.3, -0.25) is 10.2 Å². The molecule has 4 aromatic carbocycles. The van der Waals surface area contributed by atoms with Crippen molar-refractivity contribution >= 4 is 45.5 Å². The van der Waals surface area contributed by atoms with E-state index >= 15 is 0 Å². The quantitative estimate of drug-likeness (QED) is 0.161. The smallest absolute Gasteiger partial charge is 0.238 e. The maximum Gasteiger partial charge on any atom is 0.238 e. The molecule has 5 N–H and O–H groups in total. The van der Waals surface area contributed by atoms with Crippen LogP contribution in [-0.4, -0.2) is 41.6 Å². The molecule has 0 bridgehead atoms. The van der Waals surface area contributed by atoms with Gasteiger partial charge in [-0.2, -0.15) is 0 Å². The molecule has 10 heteroatoms. The van der Waals surface area contributed by atoms with Gasteiger partial charge in [-0.05, 0) is 71.9 Å². The number of nitrogens with zero attached hydrogens (tertiary/aromatic N) is 2. The first-order valence-corrected chi connectivity index (χ1v) is 13.0. The fourth-order valence-corrected chi connectivity index (χ4v) is 4.29. The molecule has 5 rings (SSSR count). The molecule has 1 amide bonds. The standard InChI is InChI=1S/C29H29N7O2S/c1-20-7-6-10-23(17-20)32-29(39)31-16-15-30-27(37)19-36-34-28(33-35-36)25-11-4-5-12-26(25)38-24-14-13-21-8-2-3-9-22(21)18-24/h2-14,17-18,35H,15-16,19H2,1H3,(H,30,37)(H,33,34)(H2,31,32,39). The number of carbonyl (C=O) groups is 1. The van der Waals surface area contributed by atoms with Crippen LogP contribution in [-0.2, 0) is 4.79 Å². The fourth-order valence-electron chi connectivity index (χ4n) is 4.07. The van der Waals surface area contributed by atoms with E-state index in [0.717, 1.165) is 33.3 Å². The number of amides is 1. The van der Waals surface area contributed by atoms with Crippen molar-refractivity contribution in [3.05, 3.63) is 102 Å². The van der Waals surface area contributed by atoms with E-state index in [0.29, 0.717) is 29.8 Å². The number of hydrazone groups is 1. The molecule has 0 aliphatic carbocycles. The van der Waals surface area contributed by atoms with Crippen LogP contribution in [0.1, 0.15) is 11.1 Å². The van der Waals surface area contributed by atoms with Crippen LogP contribution < -0.4 is 31.6 Å². The number of carbonyl (C=O) groups excluding carboxylic acids is 1. The van der Waals surface area contributed by atoms with Crippen molar-refractivity contribution in [2.45, 2.75) is 6.92 Å². The van der Waals surface area contributed by atoms with Crippen LogP contribution in [0.3, 0.4) is 0 Å². The second-order valence-electron chi connectivity index (χ2n) is 8.97. The number of aryl methyl sites for hydroxylation is 1. The molecule has 0 saturated heterocycles. The lowest BCUT2D eigenvalue weighted by Gasteiger charge is -2.17. The Kier molecular flexibility index (Phi) is 8.15. The van der Waals surface area contributed by atoms with Gasteiger partial charge in [-0.15, -0.1) is 10.2 Å². The molecule has 1 aliphatic heterocycles. The van der Waals surface area contributed by atoms with Crippen molar-refractivity contribution in [3.8, 4) is 11.5 Å². The van der Waals surface area contributed by atoms with Crippen molar-refractivity contribution < 1.29 is 9.53 Å². The van der Waals surface area contributed by atoms with E-state index in [1.165, 1.54) is 5.12 Å². The summed E-state index contributed by atoms with van der Waals surface area (Å²) in [5.74, 6) is 1.75. The van der Waals surface area contributed by atoms with Gasteiger partial charge in [0.15, 0.2) is 10.9 Å². The van der Waals surface area contributed by atoms with Crippen molar-refractivity contribution in [1.29, 1.82) is 0 Å². The molecular weight excluding hydrogens is 510 g/mol. The molecule has 4 aromatic rings. The van der Waals surface area contributed by atoms with Crippen LogP contribution in [0.25, 0.3) is 10.8 Å². The highest BCUT2D eigenvalue weighted by Gasteiger charge is 2.21. The Morgan fingerprint density at radius 2 is 1.72 bits per heavy atom. The van der Waals surface area contributed by atoms with Crippen LogP contribution >= 0.6 is 12.2 Å². The molecule has 0 radical (unpaired) electrons. The van der Waals surface area contributed by atoms with Crippen LogP contribution in [0, 0.1) is 6.92 Å². The maximum atomic E-state index is 12.4. The molecule has 0 atom stereocenters. The number of ether oxygens (including phenoxy) is 1.